The van der Waals surface area contributed by atoms with Crippen molar-refractivity contribution in [2.75, 3.05) is 18.8 Å². The number of likely N-dealkylation sites (tertiary alicyclic amines) is 2. The first-order valence-electron chi connectivity index (χ1n) is 30.2. The molecular formula is C67H77F3N9NaO9S3. The molecule has 3 aromatic carbocycles. The number of alkyl halides is 3. The zero-order valence-corrected chi connectivity index (χ0v) is 57.8. The summed E-state index contributed by atoms with van der Waals surface area (Å²) < 4.78 is 70.4. The average Bonchev–Trinajstić information content (AvgIpc) is 1.62. The number of nitrogens with two attached hydrogens (primary N) is 1. The van der Waals surface area contributed by atoms with Crippen LogP contribution in [0.2, 0.25) is 0 Å². The summed E-state index contributed by atoms with van der Waals surface area (Å²) in [6.07, 6.45) is 4.60. The van der Waals surface area contributed by atoms with Crippen LogP contribution in [0.3, 0.4) is 0 Å². The molecule has 6 aliphatic rings. The fraction of sp³-hybridized carbons (Fsp3) is 0.478. The summed E-state index contributed by atoms with van der Waals surface area (Å²) >= 11 is 2.72. The molecule has 2 aromatic heterocycles. The van der Waals surface area contributed by atoms with Gasteiger partial charge in [0.15, 0.2) is 0 Å². The summed E-state index contributed by atoms with van der Waals surface area (Å²) in [5.74, 6) is -1.01. The van der Waals surface area contributed by atoms with Crippen LogP contribution in [0.15, 0.2) is 118 Å². The first-order chi connectivity index (χ1) is 42.7. The number of primary amides is 1. The Balaban J connectivity index is 0.000000191. The van der Waals surface area contributed by atoms with Crippen molar-refractivity contribution in [3.8, 4) is 34.4 Å². The maximum atomic E-state index is 13.3. The van der Waals surface area contributed by atoms with Gasteiger partial charge in [-0.25, -0.2) is 0 Å². The second-order valence-electron chi connectivity index (χ2n) is 25.9. The molecule has 5 aromatic rings. The van der Waals surface area contributed by atoms with Crippen molar-refractivity contribution < 1.29 is 84.4 Å². The number of aryl methyl sites for hydroxylation is 3. The topological polar surface area (TPSA) is 282 Å². The molecule has 0 radical (unpaired) electrons. The Morgan fingerprint density at radius 3 is 1.59 bits per heavy atom. The summed E-state index contributed by atoms with van der Waals surface area (Å²) in [4.78, 5) is 75.7. The first kappa shape index (κ1) is 73.1. The maximum Gasteiger partial charge on any atom is 1.00 e. The van der Waals surface area contributed by atoms with Crippen LogP contribution in [0, 0.1) is 54.3 Å². The third-order valence-corrected chi connectivity index (χ3v) is 20.3. The second-order valence-corrected chi connectivity index (χ2v) is 29.9. The number of nitriles is 2. The predicted octanol–water partition coefficient (Wildman–Crippen LogP) is 6.93. The molecule has 0 unspecified atom stereocenters. The number of nitrogens with zero attached hydrogens (tertiary/aromatic N) is 6. The summed E-state index contributed by atoms with van der Waals surface area (Å²) in [5, 5.41) is 34.6. The number of benzene rings is 3. The van der Waals surface area contributed by atoms with Gasteiger partial charge >= 0.3 is 35.7 Å². The Morgan fingerprint density at radius 1 is 0.696 bits per heavy atom. The van der Waals surface area contributed by atoms with E-state index in [2.05, 4.69) is 63.9 Å². The molecule has 11 rings (SSSR count). The van der Waals surface area contributed by atoms with Gasteiger partial charge in [-0.1, -0.05) is 71.0 Å². The van der Waals surface area contributed by atoms with E-state index in [1.54, 1.807) is 87.0 Å². The molecule has 0 bridgehead atoms. The van der Waals surface area contributed by atoms with E-state index >= 15 is 0 Å². The number of hydrogen-bond acceptors (Lipinski definition) is 15. The van der Waals surface area contributed by atoms with E-state index in [0.717, 1.165) is 66.0 Å². The second kappa shape index (κ2) is 29.5. The van der Waals surface area contributed by atoms with Crippen molar-refractivity contribution in [1.82, 2.24) is 30.4 Å². The van der Waals surface area contributed by atoms with Crippen LogP contribution < -0.4 is 51.0 Å². The summed E-state index contributed by atoms with van der Waals surface area (Å²) in [6, 6.07) is 28.9. The molecule has 92 heavy (non-hydrogen) atoms. The molecule has 4 atom stereocenters. The number of pyridine rings is 2. The van der Waals surface area contributed by atoms with E-state index in [9.17, 15) is 61.2 Å². The van der Waals surface area contributed by atoms with Gasteiger partial charge in [-0.05, 0) is 161 Å². The largest absolute Gasteiger partial charge is 1.00 e. The van der Waals surface area contributed by atoms with Gasteiger partial charge in [0, 0.05) is 81.3 Å². The minimum Gasteiger partial charge on any atom is -0.850 e. The van der Waals surface area contributed by atoms with Gasteiger partial charge in [0.05, 0.1) is 28.7 Å². The van der Waals surface area contributed by atoms with Crippen LogP contribution in [0.1, 0.15) is 128 Å². The zero-order valence-electron chi connectivity index (χ0n) is 53.3. The van der Waals surface area contributed by atoms with Gasteiger partial charge in [-0.15, -0.1) is 29.1 Å². The first-order valence-corrected chi connectivity index (χ1v) is 33.5. The summed E-state index contributed by atoms with van der Waals surface area (Å²) in [7, 11) is -4.01. The summed E-state index contributed by atoms with van der Waals surface area (Å²) in [5.41, 5.74) is 7.49. The molecule has 4 N–H and O–H groups in total. The Kier molecular flexibility index (Phi) is 23.4. The normalized spacial score (nSPS) is 20.6. The van der Waals surface area contributed by atoms with Crippen LogP contribution in [0.25, 0.3) is 22.3 Å². The Bertz CT molecular complexity index is 3740. The van der Waals surface area contributed by atoms with Crippen LogP contribution in [-0.2, 0) is 44.5 Å². The van der Waals surface area contributed by atoms with Gasteiger partial charge in [-0.3, -0.25) is 38.1 Å². The molecule has 484 valence electrons. The number of amides is 5. The molecule has 4 saturated carbocycles. The number of rotatable bonds is 17. The predicted molar refractivity (Wildman–Crippen MR) is 337 cm³/mol. The molecule has 18 nitrogen and oxygen atoms in total. The quantitative estimate of drug-likeness (QED) is 0.0484. The number of carbonyl (C=O) groups is 5. The van der Waals surface area contributed by atoms with Crippen LogP contribution in [-0.4, -0.2) is 117 Å². The van der Waals surface area contributed by atoms with E-state index in [4.69, 9.17) is 9.92 Å². The minimum absolute atomic E-state index is 0. The summed E-state index contributed by atoms with van der Waals surface area (Å²) in [6.45, 7) is 15.2. The van der Waals surface area contributed by atoms with Crippen LogP contribution in [0.4, 0.5) is 13.2 Å². The molecule has 6 fully saturated rings. The Hall–Kier alpha value is -6.35. The zero-order chi connectivity index (χ0) is 66.5. The van der Waals surface area contributed by atoms with Crippen molar-refractivity contribution in [2.45, 2.75) is 187 Å². The molecule has 4 heterocycles. The molecule has 2 aliphatic heterocycles. The molecule has 0 spiro atoms. The fourth-order valence-corrected chi connectivity index (χ4v) is 13.7. The number of hydrogen-bond donors (Lipinski definition) is 3. The maximum absolute atomic E-state index is 13.3. The van der Waals surface area contributed by atoms with E-state index in [1.807, 2.05) is 33.0 Å². The molecule has 4 aliphatic carbocycles. The third-order valence-electron chi connectivity index (χ3n) is 16.5. The molecule has 5 amide bonds. The van der Waals surface area contributed by atoms with E-state index in [-0.39, 0.29) is 92.9 Å². The van der Waals surface area contributed by atoms with Gasteiger partial charge in [0.2, 0.25) is 29.5 Å². The molecule has 2 saturated heterocycles. The van der Waals surface area contributed by atoms with Gasteiger partial charge < -0.3 is 31.3 Å². The number of nitrogens with one attached hydrogen (secondary N) is 2. The SMILES string of the molecule is CC(C)(C)[O-].CC1(C(=O)N2C[C@@H](OS(=O)(=O)c3ccccc3)C[C@H]2C(=O)NC2(C#N)CC2)CC1.Cc1cc(-c2ccc(SCCC(N)=O)c(C(F)(F)F)c2)ccn1.Cc1cc(-c2ccc(S[C@@H]3C[C@@H](C(=O)NC4(C#N)CC4)N(C(=O)C4(C)CC4)C3)c(C)c2)ccn1.[Na+]. The number of halogens is 3. The third kappa shape index (κ3) is 19.6. The molecule has 25 heteroatoms. The van der Waals surface area contributed by atoms with Crippen molar-refractivity contribution in [2.24, 2.45) is 16.6 Å². The fourth-order valence-electron chi connectivity index (χ4n) is 10.3. The van der Waals surface area contributed by atoms with Crippen LogP contribution >= 0.6 is 23.5 Å². The van der Waals surface area contributed by atoms with E-state index in [1.165, 1.54) is 33.6 Å². The van der Waals surface area contributed by atoms with Gasteiger partial charge in [-0.2, -0.15) is 32.1 Å². The van der Waals surface area contributed by atoms with E-state index < -0.39 is 74.0 Å². The number of aromatic nitrogens is 2. The monoisotopic (exact) mass is 1330 g/mol. The Labute approximate surface area is 567 Å². The van der Waals surface area contributed by atoms with Crippen molar-refractivity contribution >= 4 is 63.2 Å². The van der Waals surface area contributed by atoms with Crippen molar-refractivity contribution in [3.05, 3.63) is 126 Å². The molecular weight excluding hydrogens is 1250 g/mol. The van der Waals surface area contributed by atoms with Gasteiger partial charge in [0.1, 0.15) is 23.2 Å². The minimum atomic E-state index is -4.47. The van der Waals surface area contributed by atoms with Crippen LogP contribution in [0.5, 0.6) is 0 Å². The standard InChI is InChI=1S/C27H30N4O2S.C20H23N3O5S.C16H15F3N2OS.C4H9O.Na/c1-17-12-19(20-6-11-29-18(2)13-20)4-5-23(17)34-21-14-22(24(32)30-27(16-28)9-10-27)31(15-21)25(33)26(3)7-8-26;1-19(7-8-19)18(25)23-12-14(28-29(26,27)15-5-3-2-4-6-15)11-16(23)17(24)22-20(13-21)9-10-20;1-10-8-12(4-6-21-10)11-2-3-14(23-7-5-15(20)22)13(9-11)16(17,18)19;1-4(2,3)5;/h4-6,11-13,21-22H,7-10,14-15H2,1-3H3,(H,30,32);2-6,14,16H,7-12H2,1H3,(H,22,24);2-4,6,8-9H,5,7H2,1H3,(H2,20,22);1-3H3;/q;;;-1;+1/t21-,22+;14-,16-;;;/m10.../s1. The van der Waals surface area contributed by atoms with Crippen molar-refractivity contribution in [3.63, 3.8) is 0 Å². The van der Waals surface area contributed by atoms with Gasteiger partial charge in [0.25, 0.3) is 10.1 Å². The Morgan fingerprint density at radius 2 is 1.15 bits per heavy atom. The average molecular weight is 1330 g/mol. The smallest absolute Gasteiger partial charge is 0.850 e. The van der Waals surface area contributed by atoms with Crippen molar-refractivity contribution in [1.29, 1.82) is 10.5 Å². The van der Waals surface area contributed by atoms with E-state index in [0.29, 0.717) is 49.8 Å². The number of carbonyl (C=O) groups excluding carboxylic acids is 5. The number of thioether (sulfide) groups is 2.